The van der Waals surface area contributed by atoms with E-state index in [4.69, 9.17) is 0 Å². The van der Waals surface area contributed by atoms with Crippen LogP contribution >= 0.6 is 0 Å². The van der Waals surface area contributed by atoms with Crippen molar-refractivity contribution >= 4 is 11.0 Å². The zero-order valence-electron chi connectivity index (χ0n) is 11.5. The third-order valence-corrected chi connectivity index (χ3v) is 3.89. The van der Waals surface area contributed by atoms with Crippen molar-refractivity contribution in [3.05, 3.63) is 29.6 Å². The number of rotatable bonds is 5. The third kappa shape index (κ3) is 3.14. The van der Waals surface area contributed by atoms with E-state index in [9.17, 15) is 0 Å². The molecule has 0 bridgehead atoms. The van der Waals surface area contributed by atoms with E-state index in [2.05, 4.69) is 38.8 Å². The maximum atomic E-state index is 4.42. The molecule has 1 atom stereocenters. The van der Waals surface area contributed by atoms with Gasteiger partial charge in [-0.2, -0.15) is 0 Å². The standard InChI is InChI=1S/C15H22N4/c1-11-18-14-3-2-13(8-15(14)19-11)10-17-7-5-12-4-6-16-9-12/h2-3,8,12,16-17H,4-7,9-10H2,1H3,(H,18,19). The van der Waals surface area contributed by atoms with E-state index in [1.165, 1.54) is 31.5 Å². The molecule has 1 fully saturated rings. The Labute approximate surface area is 114 Å². The minimum absolute atomic E-state index is 0.866. The molecule has 4 nitrogen and oxygen atoms in total. The fourth-order valence-corrected chi connectivity index (χ4v) is 2.79. The lowest BCUT2D eigenvalue weighted by Gasteiger charge is -2.09. The average molecular weight is 258 g/mol. The molecular formula is C15H22N4. The fourth-order valence-electron chi connectivity index (χ4n) is 2.79. The first kappa shape index (κ1) is 12.6. The molecule has 2 aromatic rings. The third-order valence-electron chi connectivity index (χ3n) is 3.89. The second-order valence-electron chi connectivity index (χ2n) is 5.50. The predicted octanol–water partition coefficient (Wildman–Crippen LogP) is 1.96. The minimum atomic E-state index is 0.866. The highest BCUT2D eigenvalue weighted by Gasteiger charge is 2.13. The van der Waals surface area contributed by atoms with Crippen LogP contribution in [-0.4, -0.2) is 29.6 Å². The van der Waals surface area contributed by atoms with Gasteiger partial charge < -0.3 is 15.6 Å². The van der Waals surface area contributed by atoms with E-state index < -0.39 is 0 Å². The molecule has 1 aliphatic rings. The topological polar surface area (TPSA) is 52.7 Å². The number of hydrogen-bond donors (Lipinski definition) is 3. The van der Waals surface area contributed by atoms with Gasteiger partial charge in [-0.15, -0.1) is 0 Å². The van der Waals surface area contributed by atoms with Gasteiger partial charge in [-0.3, -0.25) is 0 Å². The molecule has 2 heterocycles. The van der Waals surface area contributed by atoms with Gasteiger partial charge in [0.15, 0.2) is 0 Å². The second-order valence-corrected chi connectivity index (χ2v) is 5.50. The van der Waals surface area contributed by atoms with Crippen LogP contribution in [0.3, 0.4) is 0 Å². The highest BCUT2D eigenvalue weighted by molar-refractivity contribution is 5.75. The summed E-state index contributed by atoms with van der Waals surface area (Å²) >= 11 is 0. The lowest BCUT2D eigenvalue weighted by atomic mass is 10.1. The molecule has 4 heteroatoms. The van der Waals surface area contributed by atoms with Gasteiger partial charge in [0.1, 0.15) is 5.82 Å². The SMILES string of the molecule is Cc1nc2ccc(CNCCC3CCNC3)cc2[nH]1. The fraction of sp³-hybridized carbons (Fsp3) is 0.533. The summed E-state index contributed by atoms with van der Waals surface area (Å²) in [4.78, 5) is 7.71. The summed E-state index contributed by atoms with van der Waals surface area (Å²) < 4.78 is 0. The quantitative estimate of drug-likeness (QED) is 0.719. The van der Waals surface area contributed by atoms with Gasteiger partial charge in [0.05, 0.1) is 11.0 Å². The van der Waals surface area contributed by atoms with Crippen molar-refractivity contribution in [2.45, 2.75) is 26.3 Å². The Balaban J connectivity index is 1.50. The van der Waals surface area contributed by atoms with E-state index in [-0.39, 0.29) is 0 Å². The van der Waals surface area contributed by atoms with E-state index in [1.807, 2.05) is 6.92 Å². The van der Waals surface area contributed by atoms with Crippen molar-refractivity contribution in [3.63, 3.8) is 0 Å². The first-order chi connectivity index (χ1) is 9.31. The summed E-state index contributed by atoms with van der Waals surface area (Å²) in [6.07, 6.45) is 2.61. The normalized spacial score (nSPS) is 19.3. The zero-order valence-corrected chi connectivity index (χ0v) is 11.5. The van der Waals surface area contributed by atoms with Crippen molar-refractivity contribution in [1.82, 2.24) is 20.6 Å². The largest absolute Gasteiger partial charge is 0.342 e. The lowest BCUT2D eigenvalue weighted by molar-refractivity contribution is 0.500. The number of benzene rings is 1. The van der Waals surface area contributed by atoms with Gasteiger partial charge in [0, 0.05) is 6.54 Å². The number of aromatic amines is 1. The summed E-state index contributed by atoms with van der Waals surface area (Å²) in [5.41, 5.74) is 3.51. The molecule has 102 valence electrons. The Morgan fingerprint density at radius 1 is 1.42 bits per heavy atom. The molecule has 19 heavy (non-hydrogen) atoms. The summed E-state index contributed by atoms with van der Waals surface area (Å²) in [5, 5.41) is 6.95. The molecular weight excluding hydrogens is 236 g/mol. The van der Waals surface area contributed by atoms with Crippen molar-refractivity contribution in [1.29, 1.82) is 0 Å². The molecule has 0 radical (unpaired) electrons. The Bertz CT molecular complexity index is 540. The lowest BCUT2D eigenvalue weighted by Crippen LogP contribution is -2.19. The molecule has 3 N–H and O–H groups in total. The summed E-state index contributed by atoms with van der Waals surface area (Å²) in [6.45, 7) is 6.43. The second kappa shape index (κ2) is 5.72. The van der Waals surface area contributed by atoms with Crippen molar-refractivity contribution in [2.75, 3.05) is 19.6 Å². The number of H-pyrrole nitrogens is 1. The maximum absolute atomic E-state index is 4.42. The van der Waals surface area contributed by atoms with Crippen LogP contribution in [0.25, 0.3) is 11.0 Å². The van der Waals surface area contributed by atoms with Crippen LogP contribution in [0.1, 0.15) is 24.2 Å². The van der Waals surface area contributed by atoms with Gasteiger partial charge in [0.2, 0.25) is 0 Å². The molecule has 0 spiro atoms. The van der Waals surface area contributed by atoms with Crippen LogP contribution in [0.2, 0.25) is 0 Å². The van der Waals surface area contributed by atoms with Crippen LogP contribution in [0, 0.1) is 12.8 Å². The number of nitrogens with one attached hydrogen (secondary N) is 3. The highest BCUT2D eigenvalue weighted by Crippen LogP contribution is 2.14. The smallest absolute Gasteiger partial charge is 0.104 e. The van der Waals surface area contributed by atoms with E-state index in [0.29, 0.717) is 0 Å². The molecule has 0 amide bonds. The first-order valence-corrected chi connectivity index (χ1v) is 7.18. The molecule has 0 saturated carbocycles. The summed E-state index contributed by atoms with van der Waals surface area (Å²) in [7, 11) is 0. The van der Waals surface area contributed by atoms with Crippen LogP contribution in [-0.2, 0) is 6.54 Å². The molecule has 3 rings (SSSR count). The van der Waals surface area contributed by atoms with E-state index >= 15 is 0 Å². The number of fused-ring (bicyclic) bond motifs is 1. The Hall–Kier alpha value is -1.39. The maximum Gasteiger partial charge on any atom is 0.104 e. The molecule has 1 aromatic carbocycles. The predicted molar refractivity (Wildman–Crippen MR) is 78.1 cm³/mol. The monoisotopic (exact) mass is 258 g/mol. The number of nitrogens with zero attached hydrogens (tertiary/aromatic N) is 1. The van der Waals surface area contributed by atoms with Gasteiger partial charge in [-0.1, -0.05) is 6.07 Å². The molecule has 1 unspecified atom stereocenters. The molecule has 1 saturated heterocycles. The van der Waals surface area contributed by atoms with Crippen molar-refractivity contribution in [3.8, 4) is 0 Å². The Morgan fingerprint density at radius 2 is 2.37 bits per heavy atom. The van der Waals surface area contributed by atoms with Crippen LogP contribution in [0.4, 0.5) is 0 Å². The van der Waals surface area contributed by atoms with Gasteiger partial charge in [-0.05, 0) is 63.0 Å². The zero-order chi connectivity index (χ0) is 13.1. The molecule has 1 aliphatic heterocycles. The van der Waals surface area contributed by atoms with E-state index in [1.54, 1.807) is 0 Å². The number of aryl methyl sites for hydroxylation is 1. The van der Waals surface area contributed by atoms with Crippen LogP contribution in [0.15, 0.2) is 18.2 Å². The summed E-state index contributed by atoms with van der Waals surface area (Å²) in [5.74, 6) is 1.85. The van der Waals surface area contributed by atoms with Crippen LogP contribution in [0.5, 0.6) is 0 Å². The van der Waals surface area contributed by atoms with Gasteiger partial charge >= 0.3 is 0 Å². The molecule has 1 aromatic heterocycles. The van der Waals surface area contributed by atoms with Crippen molar-refractivity contribution < 1.29 is 0 Å². The van der Waals surface area contributed by atoms with Crippen molar-refractivity contribution in [2.24, 2.45) is 5.92 Å². The number of hydrogen-bond acceptors (Lipinski definition) is 3. The Kier molecular flexibility index (Phi) is 3.80. The van der Waals surface area contributed by atoms with Gasteiger partial charge in [0.25, 0.3) is 0 Å². The Morgan fingerprint density at radius 3 is 3.21 bits per heavy atom. The highest BCUT2D eigenvalue weighted by atomic mass is 14.9. The summed E-state index contributed by atoms with van der Waals surface area (Å²) in [6, 6.07) is 6.45. The average Bonchev–Trinajstić information content (AvgIpc) is 3.02. The first-order valence-electron chi connectivity index (χ1n) is 7.18. The number of aromatic nitrogens is 2. The number of imidazole rings is 1. The minimum Gasteiger partial charge on any atom is -0.342 e. The van der Waals surface area contributed by atoms with Gasteiger partial charge in [-0.25, -0.2) is 4.98 Å². The van der Waals surface area contributed by atoms with Crippen LogP contribution < -0.4 is 10.6 Å². The molecule has 0 aliphatic carbocycles. The van der Waals surface area contributed by atoms with E-state index in [0.717, 1.165) is 35.9 Å².